The van der Waals surface area contributed by atoms with Crippen LogP contribution in [0.5, 0.6) is 0 Å². The van der Waals surface area contributed by atoms with Crippen LogP contribution in [0.3, 0.4) is 0 Å². The summed E-state index contributed by atoms with van der Waals surface area (Å²) in [5, 5.41) is 11.2. The summed E-state index contributed by atoms with van der Waals surface area (Å²) >= 11 is 12.2. The van der Waals surface area contributed by atoms with Gasteiger partial charge >= 0.3 is 7.12 Å². The molecule has 1 heterocycles. The largest absolute Gasteiger partial charge is 0.498 e. The van der Waals surface area contributed by atoms with Crippen LogP contribution in [-0.4, -0.2) is 23.2 Å². The van der Waals surface area contributed by atoms with Crippen LogP contribution in [0.4, 0.5) is 5.69 Å². The molecule has 1 aromatic carbocycles. The van der Waals surface area contributed by atoms with Crippen molar-refractivity contribution in [2.45, 2.75) is 38.9 Å². The molecule has 8 heteroatoms. The molecule has 1 fully saturated rings. The molecule has 0 unspecified atom stereocenters. The van der Waals surface area contributed by atoms with E-state index in [9.17, 15) is 10.1 Å². The van der Waals surface area contributed by atoms with Crippen molar-refractivity contribution in [3.63, 3.8) is 0 Å². The molecule has 0 atom stereocenters. The van der Waals surface area contributed by atoms with Crippen molar-refractivity contribution in [1.29, 1.82) is 0 Å². The highest BCUT2D eigenvalue weighted by molar-refractivity contribution is 6.69. The van der Waals surface area contributed by atoms with E-state index < -0.39 is 23.2 Å². The summed E-state index contributed by atoms with van der Waals surface area (Å²) in [6, 6.07) is 2.69. The minimum atomic E-state index is -0.833. The third kappa shape index (κ3) is 2.41. The highest BCUT2D eigenvalue weighted by Gasteiger charge is 2.53. The second kappa shape index (κ2) is 4.88. The molecule has 5 nitrogen and oxygen atoms in total. The van der Waals surface area contributed by atoms with E-state index in [0.29, 0.717) is 5.46 Å². The molecular formula is C12H14BCl2NO4. The molecule has 0 aliphatic carbocycles. The summed E-state index contributed by atoms with van der Waals surface area (Å²) in [6.45, 7) is 7.52. The Bertz CT molecular complexity index is 561. The van der Waals surface area contributed by atoms with Gasteiger partial charge in [0.2, 0.25) is 0 Å². The first-order chi connectivity index (χ1) is 9.07. The first kappa shape index (κ1) is 15.6. The van der Waals surface area contributed by atoms with Crippen LogP contribution >= 0.6 is 23.2 Å². The number of nitrogens with zero attached hydrogens (tertiary/aromatic N) is 1. The lowest BCUT2D eigenvalue weighted by Gasteiger charge is -2.32. The maximum absolute atomic E-state index is 11.0. The lowest BCUT2D eigenvalue weighted by atomic mass is 9.78. The number of rotatable bonds is 2. The van der Waals surface area contributed by atoms with Gasteiger partial charge in [-0.1, -0.05) is 23.2 Å². The number of benzene rings is 1. The van der Waals surface area contributed by atoms with Gasteiger partial charge in [-0.2, -0.15) is 0 Å². The number of nitro benzene ring substituents is 1. The smallest absolute Gasteiger partial charge is 0.399 e. The molecule has 20 heavy (non-hydrogen) atoms. The lowest BCUT2D eigenvalue weighted by Crippen LogP contribution is -2.41. The Morgan fingerprint density at radius 1 is 1.15 bits per heavy atom. The van der Waals surface area contributed by atoms with E-state index >= 15 is 0 Å². The zero-order valence-corrected chi connectivity index (χ0v) is 13.1. The highest BCUT2D eigenvalue weighted by Crippen LogP contribution is 2.38. The lowest BCUT2D eigenvalue weighted by molar-refractivity contribution is -0.384. The Kier molecular flexibility index (Phi) is 3.80. The highest BCUT2D eigenvalue weighted by atomic mass is 35.5. The van der Waals surface area contributed by atoms with Gasteiger partial charge < -0.3 is 9.31 Å². The standard InChI is InChI=1S/C12H14BCl2NO4/c1-11(2)12(3,4)20-13(19-11)9-7(14)5-6-8(10(9)15)16(17)18/h5-6H,1-4H3. The van der Waals surface area contributed by atoms with Gasteiger partial charge in [0.25, 0.3) is 5.69 Å². The summed E-state index contributed by atoms with van der Waals surface area (Å²) in [5.41, 5.74) is -1.08. The quantitative estimate of drug-likeness (QED) is 0.477. The van der Waals surface area contributed by atoms with E-state index in [1.54, 1.807) is 0 Å². The molecule has 0 N–H and O–H groups in total. The maximum Gasteiger partial charge on any atom is 0.498 e. The zero-order valence-electron chi connectivity index (χ0n) is 11.6. The van der Waals surface area contributed by atoms with E-state index in [0.717, 1.165) is 0 Å². The van der Waals surface area contributed by atoms with Crippen molar-refractivity contribution in [2.75, 3.05) is 0 Å². The molecular weight excluding hydrogens is 304 g/mol. The van der Waals surface area contributed by atoms with Crippen LogP contribution in [0.2, 0.25) is 10.0 Å². The first-order valence-corrected chi connectivity index (χ1v) is 6.80. The Morgan fingerprint density at radius 2 is 1.65 bits per heavy atom. The van der Waals surface area contributed by atoms with Gasteiger partial charge in [0.15, 0.2) is 0 Å². The van der Waals surface area contributed by atoms with Crippen molar-refractivity contribution in [1.82, 2.24) is 0 Å². The van der Waals surface area contributed by atoms with Crippen molar-refractivity contribution < 1.29 is 14.2 Å². The van der Waals surface area contributed by atoms with E-state index in [4.69, 9.17) is 32.5 Å². The molecule has 1 aliphatic heterocycles. The van der Waals surface area contributed by atoms with Crippen LogP contribution in [0.1, 0.15) is 27.7 Å². The molecule has 0 radical (unpaired) electrons. The molecule has 0 spiro atoms. The van der Waals surface area contributed by atoms with Gasteiger partial charge in [-0.3, -0.25) is 10.1 Å². The molecule has 0 aromatic heterocycles. The number of hydrogen-bond donors (Lipinski definition) is 0. The van der Waals surface area contributed by atoms with Crippen molar-refractivity contribution in [2.24, 2.45) is 0 Å². The average Bonchev–Trinajstić information content (AvgIpc) is 2.47. The number of halogens is 2. The summed E-state index contributed by atoms with van der Waals surface area (Å²) in [5.74, 6) is 0. The molecule has 1 saturated heterocycles. The third-order valence-corrected chi connectivity index (χ3v) is 4.52. The SMILES string of the molecule is CC1(C)OB(c2c(Cl)ccc([N+](=O)[O-])c2Cl)OC1(C)C. The maximum atomic E-state index is 11.0. The van der Waals surface area contributed by atoms with Gasteiger partial charge in [-0.25, -0.2) is 0 Å². The van der Waals surface area contributed by atoms with Crippen LogP contribution < -0.4 is 5.46 Å². The van der Waals surface area contributed by atoms with Crippen molar-refractivity contribution in [3.05, 3.63) is 32.3 Å². The Hall–Kier alpha value is -0.815. The van der Waals surface area contributed by atoms with E-state index in [2.05, 4.69) is 0 Å². The molecule has 108 valence electrons. The number of hydrogen-bond acceptors (Lipinski definition) is 4. The summed E-state index contributed by atoms with van der Waals surface area (Å²) in [4.78, 5) is 10.4. The fourth-order valence-corrected chi connectivity index (χ4v) is 2.49. The van der Waals surface area contributed by atoms with E-state index in [1.807, 2.05) is 27.7 Å². The Morgan fingerprint density at radius 3 is 2.10 bits per heavy atom. The van der Waals surface area contributed by atoms with Crippen LogP contribution in [0.25, 0.3) is 0 Å². The predicted molar refractivity (Wildman–Crippen MR) is 78.8 cm³/mol. The van der Waals surface area contributed by atoms with E-state index in [1.165, 1.54) is 12.1 Å². The molecule has 0 saturated carbocycles. The Labute approximate surface area is 127 Å². The summed E-state index contributed by atoms with van der Waals surface area (Å²) in [7, 11) is -0.833. The fraction of sp³-hybridized carbons (Fsp3) is 0.500. The van der Waals surface area contributed by atoms with Gasteiger partial charge in [0, 0.05) is 16.6 Å². The van der Waals surface area contributed by atoms with Gasteiger partial charge in [-0.05, 0) is 33.8 Å². The fourth-order valence-electron chi connectivity index (χ4n) is 1.88. The molecule has 1 aromatic rings. The molecule has 2 rings (SSSR count). The van der Waals surface area contributed by atoms with Gasteiger partial charge in [0.05, 0.1) is 16.1 Å². The van der Waals surface area contributed by atoms with Crippen LogP contribution in [-0.2, 0) is 9.31 Å². The molecule has 1 aliphatic rings. The minimum absolute atomic E-state index is 0.0546. The van der Waals surface area contributed by atoms with Crippen LogP contribution in [0.15, 0.2) is 12.1 Å². The van der Waals surface area contributed by atoms with Gasteiger partial charge in [0.1, 0.15) is 5.02 Å². The first-order valence-electron chi connectivity index (χ1n) is 6.05. The normalized spacial score (nSPS) is 20.2. The molecule has 0 amide bonds. The molecule has 0 bridgehead atoms. The van der Waals surface area contributed by atoms with Crippen molar-refractivity contribution in [3.8, 4) is 0 Å². The second-order valence-electron chi connectivity index (χ2n) is 5.64. The average molecular weight is 318 g/mol. The summed E-state index contributed by atoms with van der Waals surface area (Å²) in [6.07, 6.45) is 0. The second-order valence-corrected chi connectivity index (χ2v) is 6.42. The third-order valence-electron chi connectivity index (χ3n) is 3.79. The summed E-state index contributed by atoms with van der Waals surface area (Å²) < 4.78 is 11.7. The number of nitro groups is 1. The topological polar surface area (TPSA) is 61.6 Å². The predicted octanol–water partition coefficient (Wildman–Crippen LogP) is 3.20. The monoisotopic (exact) mass is 317 g/mol. The Balaban J connectivity index is 2.50. The van der Waals surface area contributed by atoms with Crippen molar-refractivity contribution >= 4 is 41.5 Å². The minimum Gasteiger partial charge on any atom is -0.399 e. The van der Waals surface area contributed by atoms with E-state index in [-0.39, 0.29) is 15.7 Å². The van der Waals surface area contributed by atoms with Crippen LogP contribution in [0, 0.1) is 10.1 Å². The zero-order chi connectivity index (χ0) is 15.3. The van der Waals surface area contributed by atoms with Gasteiger partial charge in [-0.15, -0.1) is 0 Å².